The molecule has 0 atom stereocenters. The molecule has 0 radical (unpaired) electrons. The van der Waals surface area contributed by atoms with Crippen molar-refractivity contribution in [2.24, 2.45) is 0 Å². The van der Waals surface area contributed by atoms with Gasteiger partial charge in [-0.2, -0.15) is 0 Å². The van der Waals surface area contributed by atoms with Crippen molar-refractivity contribution >= 4 is 26.6 Å². The molecule has 0 aliphatic rings. The molecule has 1 heterocycles. The van der Waals surface area contributed by atoms with Gasteiger partial charge in [0.05, 0.1) is 24.1 Å². The van der Waals surface area contributed by atoms with Gasteiger partial charge in [0.25, 0.3) is 5.56 Å². The van der Waals surface area contributed by atoms with Crippen molar-refractivity contribution in [2.45, 2.75) is 13.3 Å². The van der Waals surface area contributed by atoms with Crippen molar-refractivity contribution < 1.29 is 13.2 Å². The molecular weight excluding hydrogens is 352 g/mol. The van der Waals surface area contributed by atoms with Crippen LogP contribution in [-0.4, -0.2) is 26.3 Å². The first-order valence-corrected chi connectivity index (χ1v) is 9.79. The molecule has 2 N–H and O–H groups in total. The van der Waals surface area contributed by atoms with Gasteiger partial charge in [0.1, 0.15) is 5.75 Å². The van der Waals surface area contributed by atoms with Gasteiger partial charge in [0, 0.05) is 5.56 Å². The number of benzene rings is 2. The second-order valence-corrected chi connectivity index (χ2v) is 7.95. The Labute approximate surface area is 151 Å². The lowest BCUT2D eigenvalue weighted by atomic mass is 10.1. The van der Waals surface area contributed by atoms with E-state index in [1.165, 1.54) is 0 Å². The van der Waals surface area contributed by atoms with E-state index < -0.39 is 10.0 Å². The number of hydrogen-bond donors (Lipinski definition) is 2. The highest BCUT2D eigenvalue weighted by atomic mass is 32.2. The van der Waals surface area contributed by atoms with Crippen LogP contribution in [0.1, 0.15) is 11.1 Å². The van der Waals surface area contributed by atoms with Gasteiger partial charge in [-0.1, -0.05) is 18.2 Å². The number of nitrogens with one attached hydrogen (secondary N) is 2. The van der Waals surface area contributed by atoms with Gasteiger partial charge in [-0.25, -0.2) is 8.42 Å². The fourth-order valence-electron chi connectivity index (χ4n) is 2.68. The molecule has 3 rings (SSSR count). The summed E-state index contributed by atoms with van der Waals surface area (Å²) in [6, 6.07) is 14.2. The zero-order valence-corrected chi connectivity index (χ0v) is 15.4. The van der Waals surface area contributed by atoms with Crippen molar-refractivity contribution in [2.75, 3.05) is 17.6 Å². The molecule has 0 spiro atoms. The number of ether oxygens (including phenoxy) is 1. The normalized spacial score (nSPS) is 11.5. The van der Waals surface area contributed by atoms with Crippen molar-refractivity contribution in [3.8, 4) is 5.75 Å². The summed E-state index contributed by atoms with van der Waals surface area (Å²) in [5.41, 5.74) is 2.32. The third-order valence-corrected chi connectivity index (χ3v) is 5.39. The highest BCUT2D eigenvalue weighted by Gasteiger charge is 2.12. The van der Waals surface area contributed by atoms with Crippen LogP contribution in [0.4, 0.5) is 5.69 Å². The molecule has 0 fully saturated rings. The molecule has 0 aliphatic heterocycles. The van der Waals surface area contributed by atoms with Crippen molar-refractivity contribution in [1.82, 2.24) is 4.98 Å². The minimum atomic E-state index is -3.52. The second-order valence-electron chi connectivity index (χ2n) is 6.11. The molecule has 3 aromatic rings. The predicted octanol–water partition coefficient (Wildman–Crippen LogP) is 2.83. The Morgan fingerprint density at radius 2 is 1.92 bits per heavy atom. The molecule has 6 nitrogen and oxygen atoms in total. The lowest BCUT2D eigenvalue weighted by Crippen LogP contribution is -2.18. The number of fused-ring (bicyclic) bond motifs is 1. The Kier molecular flexibility index (Phi) is 4.99. The van der Waals surface area contributed by atoms with E-state index in [4.69, 9.17) is 4.74 Å². The molecule has 0 aliphatic carbocycles. The second kappa shape index (κ2) is 7.21. The molecule has 0 bridgehead atoms. The summed E-state index contributed by atoms with van der Waals surface area (Å²) >= 11 is 0. The van der Waals surface area contributed by atoms with Gasteiger partial charge in [-0.15, -0.1) is 0 Å². The van der Waals surface area contributed by atoms with Crippen LogP contribution in [0, 0.1) is 6.92 Å². The summed E-state index contributed by atoms with van der Waals surface area (Å²) < 4.78 is 32.5. The number of aromatic nitrogens is 1. The number of aromatic amines is 1. The third-order valence-electron chi connectivity index (χ3n) is 4.10. The molecule has 0 saturated heterocycles. The number of H-pyrrole nitrogens is 1. The van der Waals surface area contributed by atoms with Crippen LogP contribution in [0.5, 0.6) is 5.75 Å². The number of rotatable bonds is 6. The summed E-state index contributed by atoms with van der Waals surface area (Å²) in [5.74, 6) is 0.643. The molecule has 0 unspecified atom stereocenters. The van der Waals surface area contributed by atoms with Crippen LogP contribution in [0.2, 0.25) is 0 Å². The van der Waals surface area contributed by atoms with Gasteiger partial charge in [0.15, 0.2) is 0 Å². The first-order chi connectivity index (χ1) is 12.4. The van der Waals surface area contributed by atoms with Gasteiger partial charge in [0.2, 0.25) is 10.0 Å². The SMILES string of the molecule is COc1cccc(CCS(=O)(=O)Nc2ccc3cc(C)c(=O)[nH]c3c2)c1. The highest BCUT2D eigenvalue weighted by molar-refractivity contribution is 7.92. The van der Waals surface area contributed by atoms with E-state index in [2.05, 4.69) is 9.71 Å². The van der Waals surface area contributed by atoms with E-state index >= 15 is 0 Å². The van der Waals surface area contributed by atoms with Gasteiger partial charge >= 0.3 is 0 Å². The summed E-state index contributed by atoms with van der Waals surface area (Å²) in [5, 5.41) is 0.849. The average molecular weight is 372 g/mol. The van der Waals surface area contributed by atoms with E-state index in [1.54, 1.807) is 38.3 Å². The van der Waals surface area contributed by atoms with Crippen LogP contribution in [-0.2, 0) is 16.4 Å². The summed E-state index contributed by atoms with van der Waals surface area (Å²) in [6.07, 6.45) is 0.371. The zero-order valence-electron chi connectivity index (χ0n) is 14.6. The van der Waals surface area contributed by atoms with E-state index in [-0.39, 0.29) is 11.3 Å². The topological polar surface area (TPSA) is 88.3 Å². The zero-order chi connectivity index (χ0) is 18.7. The number of sulfonamides is 1. The average Bonchev–Trinajstić information content (AvgIpc) is 2.61. The van der Waals surface area contributed by atoms with Crippen LogP contribution < -0.4 is 15.0 Å². The number of pyridine rings is 1. The number of hydrogen-bond acceptors (Lipinski definition) is 4. The van der Waals surface area contributed by atoms with E-state index in [9.17, 15) is 13.2 Å². The Hall–Kier alpha value is -2.80. The first-order valence-electron chi connectivity index (χ1n) is 8.13. The number of anilines is 1. The Morgan fingerprint density at radius 3 is 2.69 bits per heavy atom. The minimum absolute atomic E-state index is 0.0530. The molecule has 0 amide bonds. The largest absolute Gasteiger partial charge is 0.497 e. The lowest BCUT2D eigenvalue weighted by Gasteiger charge is -2.10. The first kappa shape index (κ1) is 18.0. The summed E-state index contributed by atoms with van der Waals surface area (Å²) in [6.45, 7) is 1.73. The summed E-state index contributed by atoms with van der Waals surface area (Å²) in [7, 11) is -1.95. The molecule has 26 heavy (non-hydrogen) atoms. The number of aryl methyl sites for hydroxylation is 2. The standard InChI is InChI=1S/C19H20N2O4S/c1-13-10-15-6-7-16(12-18(15)20-19(13)22)21-26(23,24)9-8-14-4-3-5-17(11-14)25-2/h3-7,10-12,21H,8-9H2,1-2H3,(H,20,22). The van der Waals surface area contributed by atoms with Crippen molar-refractivity contribution in [3.05, 3.63) is 70.0 Å². The molecule has 7 heteroatoms. The third kappa shape index (κ3) is 4.23. The maximum atomic E-state index is 12.4. The van der Waals surface area contributed by atoms with Crippen LogP contribution in [0.15, 0.2) is 53.3 Å². The van der Waals surface area contributed by atoms with Gasteiger partial charge in [-0.3, -0.25) is 9.52 Å². The maximum Gasteiger partial charge on any atom is 0.251 e. The molecule has 136 valence electrons. The molecular formula is C19H20N2O4S. The molecule has 2 aromatic carbocycles. The van der Waals surface area contributed by atoms with Crippen LogP contribution >= 0.6 is 0 Å². The fraction of sp³-hybridized carbons (Fsp3) is 0.211. The summed E-state index contributed by atoms with van der Waals surface area (Å²) in [4.78, 5) is 14.5. The van der Waals surface area contributed by atoms with E-state index in [1.807, 2.05) is 24.3 Å². The molecule has 1 aromatic heterocycles. The van der Waals surface area contributed by atoms with E-state index in [0.717, 1.165) is 10.9 Å². The quantitative estimate of drug-likeness (QED) is 0.696. The Morgan fingerprint density at radius 1 is 1.12 bits per heavy atom. The number of methoxy groups -OCH3 is 1. The molecule has 0 saturated carbocycles. The Balaban J connectivity index is 1.75. The predicted molar refractivity (Wildman–Crippen MR) is 103 cm³/mol. The monoisotopic (exact) mass is 372 g/mol. The van der Waals surface area contributed by atoms with Crippen molar-refractivity contribution in [1.29, 1.82) is 0 Å². The maximum absolute atomic E-state index is 12.4. The minimum Gasteiger partial charge on any atom is -0.497 e. The van der Waals surface area contributed by atoms with Crippen LogP contribution in [0.3, 0.4) is 0 Å². The Bertz CT molecular complexity index is 1100. The van der Waals surface area contributed by atoms with Gasteiger partial charge < -0.3 is 9.72 Å². The van der Waals surface area contributed by atoms with E-state index in [0.29, 0.717) is 28.9 Å². The van der Waals surface area contributed by atoms with Crippen LogP contribution in [0.25, 0.3) is 10.9 Å². The lowest BCUT2D eigenvalue weighted by molar-refractivity contribution is 0.414. The fourth-order valence-corrected chi connectivity index (χ4v) is 3.78. The van der Waals surface area contributed by atoms with Gasteiger partial charge in [-0.05, 0) is 54.6 Å². The highest BCUT2D eigenvalue weighted by Crippen LogP contribution is 2.19. The smallest absolute Gasteiger partial charge is 0.251 e. The van der Waals surface area contributed by atoms with Crippen molar-refractivity contribution in [3.63, 3.8) is 0 Å².